The molecule has 1 aromatic heterocycles. The van der Waals surface area contributed by atoms with Crippen LogP contribution < -0.4 is 15.4 Å². The second-order valence-electron chi connectivity index (χ2n) is 8.29. The lowest BCUT2D eigenvalue weighted by Crippen LogP contribution is -2.38. The highest BCUT2D eigenvalue weighted by Gasteiger charge is 2.20. The van der Waals surface area contributed by atoms with Crippen LogP contribution in [-0.4, -0.2) is 35.4 Å². The maximum atomic E-state index is 13.8. The Hall–Kier alpha value is -3.36. The Morgan fingerprint density at radius 2 is 1.81 bits per heavy atom. The van der Waals surface area contributed by atoms with Gasteiger partial charge in [-0.2, -0.15) is 0 Å². The smallest absolute Gasteiger partial charge is 0.407 e. The van der Waals surface area contributed by atoms with Crippen LogP contribution in [0.25, 0.3) is 0 Å². The number of nitrogens with zero attached hydrogens (tertiary/aromatic N) is 1. The number of hydrogen-bond acceptors (Lipinski definition) is 6. The van der Waals surface area contributed by atoms with Crippen molar-refractivity contribution in [2.24, 2.45) is 0 Å². The third-order valence-electron chi connectivity index (χ3n) is 4.10. The summed E-state index contributed by atoms with van der Waals surface area (Å²) in [4.78, 5) is 28.0. The van der Waals surface area contributed by atoms with Gasteiger partial charge in [-0.25, -0.2) is 19.0 Å². The summed E-state index contributed by atoms with van der Waals surface area (Å²) < 4.78 is 30.0. The van der Waals surface area contributed by atoms with Crippen LogP contribution in [0.2, 0.25) is 0 Å². The summed E-state index contributed by atoms with van der Waals surface area (Å²) in [5.41, 5.74) is 0.569. The number of ether oxygens (including phenoxy) is 3. The highest BCUT2D eigenvalue weighted by molar-refractivity contribution is 5.68. The molecule has 8 nitrogen and oxygen atoms in total. The number of hydrogen-bond donors (Lipinski definition) is 2. The fourth-order valence-corrected chi connectivity index (χ4v) is 2.64. The molecular formula is C23H30FN3O5. The van der Waals surface area contributed by atoms with E-state index in [2.05, 4.69) is 15.6 Å². The molecule has 0 radical (unpaired) electrons. The number of nitrogens with one attached hydrogen (secondary N) is 2. The number of halogens is 1. The number of pyridine rings is 1. The van der Waals surface area contributed by atoms with E-state index in [0.29, 0.717) is 5.56 Å². The van der Waals surface area contributed by atoms with Gasteiger partial charge in [0, 0.05) is 5.56 Å². The SMILES string of the molecule is C[C@@H](CNC(=O)OC(C)(C)C)Oc1ncc(F)cc1[C@@H](C)NC(=O)OCc1ccccc1. The van der Waals surface area contributed by atoms with Crippen molar-refractivity contribution in [3.05, 3.63) is 59.5 Å². The van der Waals surface area contributed by atoms with Crippen LogP contribution in [0, 0.1) is 5.82 Å². The van der Waals surface area contributed by atoms with Gasteiger partial charge in [-0.15, -0.1) is 0 Å². The summed E-state index contributed by atoms with van der Waals surface area (Å²) in [6, 6.07) is 9.84. The molecule has 2 N–H and O–H groups in total. The Morgan fingerprint density at radius 3 is 2.47 bits per heavy atom. The number of aromatic nitrogens is 1. The fourth-order valence-electron chi connectivity index (χ4n) is 2.64. The number of rotatable bonds is 8. The van der Waals surface area contributed by atoms with Crippen LogP contribution in [0.5, 0.6) is 5.88 Å². The molecule has 2 atom stereocenters. The van der Waals surface area contributed by atoms with Gasteiger partial charge in [0.1, 0.15) is 24.1 Å². The molecule has 0 aliphatic rings. The van der Waals surface area contributed by atoms with Crippen LogP contribution in [0.1, 0.15) is 51.8 Å². The van der Waals surface area contributed by atoms with E-state index in [4.69, 9.17) is 14.2 Å². The van der Waals surface area contributed by atoms with Gasteiger partial charge in [0.2, 0.25) is 5.88 Å². The highest BCUT2D eigenvalue weighted by atomic mass is 19.1. The molecule has 0 unspecified atom stereocenters. The zero-order valence-corrected chi connectivity index (χ0v) is 19.0. The summed E-state index contributed by atoms with van der Waals surface area (Å²) in [7, 11) is 0. The molecule has 0 saturated carbocycles. The van der Waals surface area contributed by atoms with Crippen molar-refractivity contribution in [2.45, 2.75) is 59.0 Å². The molecular weight excluding hydrogens is 417 g/mol. The van der Waals surface area contributed by atoms with Crippen molar-refractivity contribution < 1.29 is 28.2 Å². The van der Waals surface area contributed by atoms with E-state index in [-0.39, 0.29) is 19.0 Å². The highest BCUT2D eigenvalue weighted by Crippen LogP contribution is 2.24. The number of benzene rings is 1. The van der Waals surface area contributed by atoms with Crippen LogP contribution in [-0.2, 0) is 16.1 Å². The molecule has 174 valence electrons. The third kappa shape index (κ3) is 8.79. The molecule has 9 heteroatoms. The van der Waals surface area contributed by atoms with E-state index in [0.717, 1.165) is 11.8 Å². The van der Waals surface area contributed by atoms with Gasteiger partial charge in [0.05, 0.1) is 18.8 Å². The number of alkyl carbamates (subject to hydrolysis) is 2. The van der Waals surface area contributed by atoms with E-state index >= 15 is 0 Å². The monoisotopic (exact) mass is 447 g/mol. The van der Waals surface area contributed by atoms with Crippen molar-refractivity contribution in [3.63, 3.8) is 0 Å². The molecule has 0 spiro atoms. The summed E-state index contributed by atoms with van der Waals surface area (Å²) in [5.74, 6) is -0.432. The minimum Gasteiger partial charge on any atom is -0.473 e. The van der Waals surface area contributed by atoms with Gasteiger partial charge in [-0.1, -0.05) is 30.3 Å². The van der Waals surface area contributed by atoms with Crippen molar-refractivity contribution in [2.75, 3.05) is 6.54 Å². The maximum absolute atomic E-state index is 13.8. The Balaban J connectivity index is 1.94. The third-order valence-corrected chi connectivity index (χ3v) is 4.10. The molecule has 1 aromatic carbocycles. The number of amides is 2. The standard InChI is InChI=1S/C23H30FN3O5/c1-15(12-26-21(28)32-23(3,4)5)31-20-19(11-18(24)13-25-20)16(2)27-22(29)30-14-17-9-7-6-8-10-17/h6-11,13,15-16H,12,14H2,1-5H3,(H,26,28)(H,27,29)/t15-,16+/m0/s1. The van der Waals surface area contributed by atoms with E-state index in [1.165, 1.54) is 6.07 Å². The summed E-state index contributed by atoms with van der Waals surface area (Å²) in [6.07, 6.45) is -0.697. The minimum absolute atomic E-state index is 0.109. The molecule has 2 amide bonds. The van der Waals surface area contributed by atoms with Crippen LogP contribution in [0.3, 0.4) is 0 Å². The molecule has 0 saturated heterocycles. The van der Waals surface area contributed by atoms with Crippen LogP contribution >= 0.6 is 0 Å². The topological polar surface area (TPSA) is 98.8 Å². The predicted molar refractivity (Wildman–Crippen MR) is 117 cm³/mol. The number of carbonyl (C=O) groups excluding carboxylic acids is 2. The number of carbonyl (C=O) groups is 2. The van der Waals surface area contributed by atoms with Gasteiger partial charge in [0.15, 0.2) is 0 Å². The first kappa shape index (κ1) is 24.9. The summed E-state index contributed by atoms with van der Waals surface area (Å²) in [5, 5.41) is 5.25. The van der Waals surface area contributed by atoms with Gasteiger partial charge in [0.25, 0.3) is 0 Å². The molecule has 2 aromatic rings. The van der Waals surface area contributed by atoms with E-state index in [9.17, 15) is 14.0 Å². The average Bonchev–Trinajstić information content (AvgIpc) is 2.71. The van der Waals surface area contributed by atoms with E-state index < -0.39 is 35.8 Å². The lowest BCUT2D eigenvalue weighted by atomic mass is 10.1. The molecule has 1 heterocycles. The molecule has 0 bridgehead atoms. The first-order valence-electron chi connectivity index (χ1n) is 10.3. The quantitative estimate of drug-likeness (QED) is 0.618. The van der Waals surface area contributed by atoms with Crippen LogP contribution in [0.4, 0.5) is 14.0 Å². The van der Waals surface area contributed by atoms with Gasteiger partial charge in [-0.3, -0.25) is 0 Å². The summed E-state index contributed by atoms with van der Waals surface area (Å²) in [6.45, 7) is 8.93. The second-order valence-corrected chi connectivity index (χ2v) is 8.29. The van der Waals surface area contributed by atoms with Crippen LogP contribution in [0.15, 0.2) is 42.6 Å². The van der Waals surface area contributed by atoms with E-state index in [1.807, 2.05) is 30.3 Å². The first-order valence-corrected chi connectivity index (χ1v) is 10.3. The molecule has 2 rings (SSSR count). The second kappa shape index (κ2) is 11.3. The largest absolute Gasteiger partial charge is 0.473 e. The lowest BCUT2D eigenvalue weighted by molar-refractivity contribution is 0.0503. The molecule has 0 aliphatic heterocycles. The van der Waals surface area contributed by atoms with Gasteiger partial charge < -0.3 is 24.8 Å². The molecule has 32 heavy (non-hydrogen) atoms. The Labute approximate surface area is 187 Å². The lowest BCUT2D eigenvalue weighted by Gasteiger charge is -2.22. The van der Waals surface area contributed by atoms with Gasteiger partial charge in [-0.05, 0) is 46.2 Å². The predicted octanol–water partition coefficient (Wildman–Crippen LogP) is 4.50. The van der Waals surface area contributed by atoms with Crippen molar-refractivity contribution >= 4 is 12.2 Å². The van der Waals surface area contributed by atoms with E-state index in [1.54, 1.807) is 34.6 Å². The van der Waals surface area contributed by atoms with Crippen molar-refractivity contribution in [3.8, 4) is 5.88 Å². The van der Waals surface area contributed by atoms with Crippen molar-refractivity contribution in [1.82, 2.24) is 15.6 Å². The first-order chi connectivity index (χ1) is 15.0. The fraction of sp³-hybridized carbons (Fsp3) is 0.435. The zero-order chi connectivity index (χ0) is 23.7. The maximum Gasteiger partial charge on any atom is 0.407 e. The Bertz CT molecular complexity index is 902. The Kier molecular flexibility index (Phi) is 8.80. The molecule has 0 aliphatic carbocycles. The van der Waals surface area contributed by atoms with Crippen molar-refractivity contribution in [1.29, 1.82) is 0 Å². The zero-order valence-electron chi connectivity index (χ0n) is 19.0. The van der Waals surface area contributed by atoms with Gasteiger partial charge >= 0.3 is 12.2 Å². The average molecular weight is 448 g/mol. The summed E-state index contributed by atoms with van der Waals surface area (Å²) >= 11 is 0. The molecule has 0 fully saturated rings. The normalized spacial score (nSPS) is 12.9. The minimum atomic E-state index is -0.656. The Morgan fingerprint density at radius 1 is 1.12 bits per heavy atom.